The molecule has 0 saturated carbocycles. The molecule has 0 amide bonds. The number of carboxylic acids is 1. The first-order valence-electron chi connectivity index (χ1n) is 6.17. The molecule has 0 fully saturated rings. The van der Waals surface area contributed by atoms with Gasteiger partial charge in [0.1, 0.15) is 0 Å². The molecule has 7 heteroatoms. The lowest BCUT2D eigenvalue weighted by molar-refractivity contribution is -0.137. The van der Waals surface area contributed by atoms with Gasteiger partial charge >= 0.3 is 5.97 Å². The molecule has 0 aliphatic heterocycles. The number of hydrogen-bond donors (Lipinski definition) is 1. The van der Waals surface area contributed by atoms with E-state index < -0.39 is 17.6 Å². The number of aryl methyl sites for hydroxylation is 1. The molecule has 21 heavy (non-hydrogen) atoms. The van der Waals surface area contributed by atoms with Crippen molar-refractivity contribution in [3.05, 3.63) is 41.3 Å². The summed E-state index contributed by atoms with van der Waals surface area (Å²) in [5, 5.41) is 10.7. The summed E-state index contributed by atoms with van der Waals surface area (Å²) in [5.41, 5.74) is 0.696. The van der Waals surface area contributed by atoms with Crippen LogP contribution in [-0.4, -0.2) is 20.6 Å². The van der Waals surface area contributed by atoms with Crippen LogP contribution in [-0.2, 0) is 11.3 Å². The standard InChI is InChI=1S/C14H10F2N2O2S/c15-8-6-10-11(7-9(8)16)18(4-3-13(19)20)14(17-10)12-2-1-5-21-12/h1-2,5-7H,3-4H2,(H,19,20). The van der Waals surface area contributed by atoms with Crippen molar-refractivity contribution in [1.82, 2.24) is 9.55 Å². The van der Waals surface area contributed by atoms with Crippen LogP contribution in [0.5, 0.6) is 0 Å². The predicted molar refractivity (Wildman–Crippen MR) is 75.2 cm³/mol. The number of rotatable bonds is 4. The van der Waals surface area contributed by atoms with Gasteiger partial charge in [0, 0.05) is 18.7 Å². The number of hydrogen-bond acceptors (Lipinski definition) is 3. The van der Waals surface area contributed by atoms with Crippen molar-refractivity contribution < 1.29 is 18.7 Å². The van der Waals surface area contributed by atoms with Crippen molar-refractivity contribution in [2.45, 2.75) is 13.0 Å². The number of halogens is 2. The summed E-state index contributed by atoms with van der Waals surface area (Å²) < 4.78 is 28.4. The fourth-order valence-electron chi connectivity index (χ4n) is 2.15. The average molecular weight is 308 g/mol. The van der Waals surface area contributed by atoms with Crippen LogP contribution < -0.4 is 0 Å². The molecule has 0 radical (unpaired) electrons. The molecule has 3 aromatic rings. The first-order valence-corrected chi connectivity index (χ1v) is 7.05. The molecule has 0 atom stereocenters. The van der Waals surface area contributed by atoms with Gasteiger partial charge in [0.05, 0.1) is 22.3 Å². The predicted octanol–water partition coefficient (Wildman–Crippen LogP) is 3.52. The Hall–Kier alpha value is -2.28. The number of carbonyl (C=O) groups is 1. The zero-order valence-electron chi connectivity index (χ0n) is 10.7. The molecule has 0 bridgehead atoms. The van der Waals surface area contributed by atoms with Crippen molar-refractivity contribution in [1.29, 1.82) is 0 Å². The Labute approximate surface area is 122 Å². The lowest BCUT2D eigenvalue weighted by atomic mass is 10.3. The van der Waals surface area contributed by atoms with E-state index in [4.69, 9.17) is 5.11 Å². The van der Waals surface area contributed by atoms with E-state index in [-0.39, 0.29) is 13.0 Å². The Bertz CT molecular complexity index is 812. The number of imidazole rings is 1. The second kappa shape index (κ2) is 5.25. The molecule has 0 aliphatic rings. The maximum absolute atomic E-state index is 13.4. The summed E-state index contributed by atoms with van der Waals surface area (Å²) in [7, 11) is 0. The van der Waals surface area contributed by atoms with Crippen LogP contribution in [0.4, 0.5) is 8.78 Å². The maximum Gasteiger partial charge on any atom is 0.305 e. The highest BCUT2D eigenvalue weighted by atomic mass is 32.1. The zero-order chi connectivity index (χ0) is 15.0. The molecule has 0 unspecified atom stereocenters. The molecule has 1 N–H and O–H groups in total. The summed E-state index contributed by atoms with van der Waals surface area (Å²) in [6, 6.07) is 5.74. The van der Waals surface area contributed by atoms with Crippen molar-refractivity contribution >= 4 is 28.3 Å². The van der Waals surface area contributed by atoms with Gasteiger partial charge < -0.3 is 9.67 Å². The second-order valence-corrected chi connectivity index (χ2v) is 5.41. The number of aliphatic carboxylic acids is 1. The SMILES string of the molecule is O=C(O)CCn1c(-c2cccs2)nc2cc(F)c(F)cc21. The number of aromatic nitrogens is 2. The summed E-state index contributed by atoms with van der Waals surface area (Å²) in [4.78, 5) is 15.9. The fraction of sp³-hybridized carbons (Fsp3) is 0.143. The van der Waals surface area contributed by atoms with Gasteiger partial charge in [-0.3, -0.25) is 4.79 Å². The van der Waals surface area contributed by atoms with E-state index in [1.165, 1.54) is 11.3 Å². The number of carboxylic acid groups (broad SMARTS) is 1. The van der Waals surface area contributed by atoms with E-state index >= 15 is 0 Å². The largest absolute Gasteiger partial charge is 0.481 e. The summed E-state index contributed by atoms with van der Waals surface area (Å²) >= 11 is 1.43. The highest BCUT2D eigenvalue weighted by Crippen LogP contribution is 2.29. The molecule has 0 aliphatic carbocycles. The summed E-state index contributed by atoms with van der Waals surface area (Å²) in [5.74, 6) is -2.39. The van der Waals surface area contributed by atoms with Gasteiger partial charge in [0.15, 0.2) is 17.5 Å². The van der Waals surface area contributed by atoms with Crippen molar-refractivity contribution in [2.75, 3.05) is 0 Å². The van der Waals surface area contributed by atoms with Gasteiger partial charge in [-0.05, 0) is 11.4 Å². The molecule has 4 nitrogen and oxygen atoms in total. The number of thiophene rings is 1. The van der Waals surface area contributed by atoms with E-state index in [1.807, 2.05) is 17.5 Å². The normalized spacial score (nSPS) is 11.1. The summed E-state index contributed by atoms with van der Waals surface area (Å²) in [6.07, 6.45) is -0.122. The molecular formula is C14H10F2N2O2S. The molecular weight excluding hydrogens is 298 g/mol. The Balaban J connectivity index is 2.20. The van der Waals surface area contributed by atoms with E-state index in [9.17, 15) is 13.6 Å². The Kier molecular flexibility index (Phi) is 3.42. The minimum atomic E-state index is -0.975. The highest BCUT2D eigenvalue weighted by Gasteiger charge is 2.16. The van der Waals surface area contributed by atoms with Gasteiger partial charge in [-0.1, -0.05) is 6.07 Å². The summed E-state index contributed by atoms with van der Waals surface area (Å²) in [6.45, 7) is 0.143. The number of benzene rings is 1. The van der Waals surface area contributed by atoms with Crippen molar-refractivity contribution in [2.24, 2.45) is 0 Å². The fourth-order valence-corrected chi connectivity index (χ4v) is 2.87. The van der Waals surface area contributed by atoms with Crippen LogP contribution in [0.15, 0.2) is 29.6 Å². The van der Waals surface area contributed by atoms with E-state index in [2.05, 4.69) is 4.98 Å². The Morgan fingerprint density at radius 3 is 2.76 bits per heavy atom. The Morgan fingerprint density at radius 2 is 2.10 bits per heavy atom. The first-order chi connectivity index (χ1) is 10.1. The van der Waals surface area contributed by atoms with Crippen LogP contribution >= 0.6 is 11.3 Å². The lowest BCUT2D eigenvalue weighted by Gasteiger charge is -2.06. The van der Waals surface area contributed by atoms with E-state index in [0.29, 0.717) is 16.9 Å². The third kappa shape index (κ3) is 2.52. The van der Waals surface area contributed by atoms with Crippen molar-refractivity contribution in [3.8, 4) is 10.7 Å². The minimum absolute atomic E-state index is 0.122. The Morgan fingerprint density at radius 1 is 1.33 bits per heavy atom. The molecule has 0 saturated heterocycles. The minimum Gasteiger partial charge on any atom is -0.481 e. The monoisotopic (exact) mass is 308 g/mol. The topological polar surface area (TPSA) is 55.1 Å². The molecule has 0 spiro atoms. The number of nitrogens with zero attached hydrogens (tertiary/aromatic N) is 2. The first kappa shape index (κ1) is 13.7. The van der Waals surface area contributed by atoms with Crippen LogP contribution in [0.3, 0.4) is 0 Å². The third-order valence-electron chi connectivity index (χ3n) is 3.08. The van der Waals surface area contributed by atoms with Crippen molar-refractivity contribution in [3.63, 3.8) is 0 Å². The molecule has 1 aromatic carbocycles. The maximum atomic E-state index is 13.4. The molecule has 2 aromatic heterocycles. The highest BCUT2D eigenvalue weighted by molar-refractivity contribution is 7.13. The zero-order valence-corrected chi connectivity index (χ0v) is 11.5. The third-order valence-corrected chi connectivity index (χ3v) is 3.95. The van der Waals surface area contributed by atoms with Gasteiger partial charge in [-0.25, -0.2) is 13.8 Å². The molecule has 3 rings (SSSR count). The number of fused-ring (bicyclic) bond motifs is 1. The van der Waals surface area contributed by atoms with Gasteiger partial charge in [0.25, 0.3) is 0 Å². The van der Waals surface area contributed by atoms with E-state index in [1.54, 1.807) is 4.57 Å². The van der Waals surface area contributed by atoms with Crippen LogP contribution in [0.2, 0.25) is 0 Å². The molecule has 2 heterocycles. The van der Waals surface area contributed by atoms with Gasteiger partial charge in [-0.2, -0.15) is 0 Å². The quantitative estimate of drug-likeness (QED) is 0.802. The average Bonchev–Trinajstić information content (AvgIpc) is 3.04. The lowest BCUT2D eigenvalue weighted by Crippen LogP contribution is -2.06. The second-order valence-electron chi connectivity index (χ2n) is 4.46. The molecule has 108 valence electrons. The van der Waals surface area contributed by atoms with Crippen LogP contribution in [0.25, 0.3) is 21.7 Å². The van der Waals surface area contributed by atoms with E-state index in [0.717, 1.165) is 17.0 Å². The van der Waals surface area contributed by atoms with Gasteiger partial charge in [-0.15, -0.1) is 11.3 Å². The van der Waals surface area contributed by atoms with Crippen LogP contribution in [0, 0.1) is 11.6 Å². The smallest absolute Gasteiger partial charge is 0.305 e. The van der Waals surface area contributed by atoms with Crippen LogP contribution in [0.1, 0.15) is 6.42 Å². The van der Waals surface area contributed by atoms with Gasteiger partial charge in [0.2, 0.25) is 0 Å².